The van der Waals surface area contributed by atoms with Crippen molar-refractivity contribution in [1.82, 2.24) is 4.98 Å². The van der Waals surface area contributed by atoms with E-state index in [0.29, 0.717) is 6.42 Å². The molecule has 1 atom stereocenters. The summed E-state index contributed by atoms with van der Waals surface area (Å²) in [5.41, 5.74) is 0.654. The highest BCUT2D eigenvalue weighted by Gasteiger charge is 2.10. The van der Waals surface area contributed by atoms with Crippen molar-refractivity contribution < 1.29 is 9.90 Å². The van der Waals surface area contributed by atoms with Crippen molar-refractivity contribution in [2.24, 2.45) is 5.92 Å². The second kappa shape index (κ2) is 3.89. The minimum Gasteiger partial charge on any atom is -0.481 e. The normalized spacial score (nSPS) is 12.4. The van der Waals surface area contributed by atoms with Gasteiger partial charge in [0.05, 0.1) is 5.92 Å². The Hall–Kier alpha value is -1.58. The van der Waals surface area contributed by atoms with Crippen molar-refractivity contribution in [1.29, 1.82) is 0 Å². The molecule has 4 nitrogen and oxygen atoms in total. The molecule has 1 heterocycles. The van der Waals surface area contributed by atoms with Crippen LogP contribution in [0.2, 0.25) is 0 Å². The Balaban J connectivity index is 2.70. The van der Waals surface area contributed by atoms with Gasteiger partial charge in [0, 0.05) is 12.3 Å². The minimum atomic E-state index is -0.828. The Labute approximate surface area is 75.2 Å². The van der Waals surface area contributed by atoms with Gasteiger partial charge in [-0.05, 0) is 12.0 Å². The largest absolute Gasteiger partial charge is 0.481 e. The fraction of sp³-hybridized carbons (Fsp3) is 0.333. The summed E-state index contributed by atoms with van der Waals surface area (Å²) in [7, 11) is 0. The second-order valence-corrected chi connectivity index (χ2v) is 3.00. The van der Waals surface area contributed by atoms with E-state index in [0.717, 1.165) is 5.56 Å². The number of hydrogen-bond donors (Lipinski definition) is 2. The van der Waals surface area contributed by atoms with Gasteiger partial charge >= 0.3 is 5.97 Å². The molecule has 2 N–H and O–H groups in total. The monoisotopic (exact) mass is 181 g/mol. The van der Waals surface area contributed by atoms with Gasteiger partial charge in [-0.1, -0.05) is 13.0 Å². The van der Waals surface area contributed by atoms with Crippen molar-refractivity contribution in [3.8, 4) is 0 Å². The van der Waals surface area contributed by atoms with Crippen molar-refractivity contribution in [3.05, 3.63) is 34.2 Å². The first-order valence-electron chi connectivity index (χ1n) is 4.00. The van der Waals surface area contributed by atoms with Crippen LogP contribution in [0.3, 0.4) is 0 Å². The lowest BCUT2D eigenvalue weighted by Gasteiger charge is -2.04. The van der Waals surface area contributed by atoms with Crippen molar-refractivity contribution in [2.75, 3.05) is 0 Å². The number of H-pyrrole nitrogens is 1. The highest BCUT2D eigenvalue weighted by Crippen LogP contribution is 2.05. The zero-order chi connectivity index (χ0) is 9.84. The molecule has 0 amide bonds. The number of aromatic nitrogens is 1. The number of carboxylic acids is 1. The molecule has 0 saturated heterocycles. The van der Waals surface area contributed by atoms with Gasteiger partial charge in [0.2, 0.25) is 5.56 Å². The molecule has 13 heavy (non-hydrogen) atoms. The molecule has 0 aliphatic rings. The van der Waals surface area contributed by atoms with Gasteiger partial charge in [0.1, 0.15) is 0 Å². The average molecular weight is 181 g/mol. The van der Waals surface area contributed by atoms with Crippen molar-refractivity contribution >= 4 is 5.97 Å². The van der Waals surface area contributed by atoms with Crippen LogP contribution in [0.25, 0.3) is 0 Å². The van der Waals surface area contributed by atoms with Crippen LogP contribution in [0.5, 0.6) is 0 Å². The minimum absolute atomic E-state index is 0.174. The third kappa shape index (κ3) is 2.74. The van der Waals surface area contributed by atoms with E-state index in [1.54, 1.807) is 19.2 Å². The van der Waals surface area contributed by atoms with E-state index in [1.807, 2.05) is 0 Å². The van der Waals surface area contributed by atoms with E-state index >= 15 is 0 Å². The maximum atomic E-state index is 10.7. The van der Waals surface area contributed by atoms with Gasteiger partial charge in [0.15, 0.2) is 0 Å². The lowest BCUT2D eigenvalue weighted by atomic mass is 10.0. The summed E-state index contributed by atoms with van der Waals surface area (Å²) in [5.74, 6) is -1.25. The predicted molar refractivity (Wildman–Crippen MR) is 47.6 cm³/mol. The van der Waals surface area contributed by atoms with Gasteiger partial charge in [-0.2, -0.15) is 0 Å². The van der Waals surface area contributed by atoms with Gasteiger partial charge in [-0.15, -0.1) is 0 Å². The molecule has 1 unspecified atom stereocenters. The van der Waals surface area contributed by atoms with Crippen LogP contribution in [0.4, 0.5) is 0 Å². The maximum absolute atomic E-state index is 10.7. The molecule has 4 heteroatoms. The van der Waals surface area contributed by atoms with Gasteiger partial charge < -0.3 is 10.1 Å². The van der Waals surface area contributed by atoms with Crippen LogP contribution in [0.15, 0.2) is 23.1 Å². The zero-order valence-electron chi connectivity index (χ0n) is 7.28. The topological polar surface area (TPSA) is 70.2 Å². The molecule has 0 spiro atoms. The third-order valence-corrected chi connectivity index (χ3v) is 1.81. The zero-order valence-corrected chi connectivity index (χ0v) is 7.28. The number of carboxylic acid groups (broad SMARTS) is 1. The fourth-order valence-electron chi connectivity index (χ4n) is 1.01. The van der Waals surface area contributed by atoms with Gasteiger partial charge in [-0.25, -0.2) is 0 Å². The van der Waals surface area contributed by atoms with Crippen LogP contribution >= 0.6 is 0 Å². The summed E-state index contributed by atoms with van der Waals surface area (Å²) < 4.78 is 0. The van der Waals surface area contributed by atoms with Gasteiger partial charge in [-0.3, -0.25) is 9.59 Å². The number of aromatic amines is 1. The molecule has 0 saturated carbocycles. The van der Waals surface area contributed by atoms with E-state index < -0.39 is 11.9 Å². The number of carbonyl (C=O) groups is 1. The average Bonchev–Trinajstić information content (AvgIpc) is 2.08. The molecule has 1 aromatic rings. The summed E-state index contributed by atoms with van der Waals surface area (Å²) in [6, 6.07) is 3.03. The molecule has 1 aromatic heterocycles. The summed E-state index contributed by atoms with van der Waals surface area (Å²) >= 11 is 0. The van der Waals surface area contributed by atoms with Crippen LogP contribution in [0, 0.1) is 5.92 Å². The summed E-state index contributed by atoms with van der Waals surface area (Å²) in [6.45, 7) is 1.63. The lowest BCUT2D eigenvalue weighted by Crippen LogP contribution is -2.13. The van der Waals surface area contributed by atoms with Crippen LogP contribution in [0.1, 0.15) is 12.5 Å². The van der Waals surface area contributed by atoms with Crippen molar-refractivity contribution in [2.45, 2.75) is 13.3 Å². The Morgan fingerprint density at radius 1 is 1.62 bits per heavy atom. The summed E-state index contributed by atoms with van der Waals surface area (Å²) in [4.78, 5) is 23.7. The first-order chi connectivity index (χ1) is 6.09. The SMILES string of the molecule is CC(Cc1ccc(=O)[nH]c1)C(=O)O. The molecule has 0 aliphatic carbocycles. The molecule has 1 rings (SSSR count). The maximum Gasteiger partial charge on any atom is 0.306 e. The molecular formula is C9H11NO3. The number of hydrogen-bond acceptors (Lipinski definition) is 2. The number of nitrogens with one attached hydrogen (secondary N) is 1. The van der Waals surface area contributed by atoms with E-state index in [1.165, 1.54) is 6.07 Å². The van der Waals surface area contributed by atoms with Crippen molar-refractivity contribution in [3.63, 3.8) is 0 Å². The fourth-order valence-corrected chi connectivity index (χ4v) is 1.01. The molecule has 0 fully saturated rings. The van der Waals surface area contributed by atoms with Crippen LogP contribution < -0.4 is 5.56 Å². The molecule has 0 radical (unpaired) electrons. The van der Waals surface area contributed by atoms with E-state index in [4.69, 9.17) is 5.11 Å². The first-order valence-corrected chi connectivity index (χ1v) is 4.00. The molecule has 0 bridgehead atoms. The van der Waals surface area contributed by atoms with Crippen LogP contribution in [-0.4, -0.2) is 16.1 Å². The molecule has 0 aromatic carbocycles. The van der Waals surface area contributed by atoms with Crippen LogP contribution in [-0.2, 0) is 11.2 Å². The Morgan fingerprint density at radius 2 is 2.31 bits per heavy atom. The second-order valence-electron chi connectivity index (χ2n) is 3.00. The molecule has 70 valence electrons. The number of rotatable bonds is 3. The van der Waals surface area contributed by atoms with E-state index in [-0.39, 0.29) is 5.56 Å². The smallest absolute Gasteiger partial charge is 0.306 e. The Kier molecular flexibility index (Phi) is 2.84. The van der Waals surface area contributed by atoms with Gasteiger partial charge in [0.25, 0.3) is 0 Å². The summed E-state index contributed by atoms with van der Waals surface area (Å²) in [6.07, 6.45) is 1.98. The predicted octanol–water partition coefficient (Wildman–Crippen LogP) is 0.638. The summed E-state index contributed by atoms with van der Waals surface area (Å²) in [5, 5.41) is 8.63. The highest BCUT2D eigenvalue weighted by molar-refractivity contribution is 5.69. The lowest BCUT2D eigenvalue weighted by molar-refractivity contribution is -0.141. The molecular weight excluding hydrogens is 170 g/mol. The molecule has 0 aliphatic heterocycles. The standard InChI is InChI=1S/C9H11NO3/c1-6(9(12)13)4-7-2-3-8(11)10-5-7/h2-3,5-6H,4H2,1H3,(H,10,11)(H,12,13). The first kappa shape index (κ1) is 9.51. The number of aliphatic carboxylic acids is 1. The highest BCUT2D eigenvalue weighted by atomic mass is 16.4. The quantitative estimate of drug-likeness (QED) is 0.718. The Morgan fingerprint density at radius 3 is 2.77 bits per heavy atom. The van der Waals surface area contributed by atoms with E-state index in [9.17, 15) is 9.59 Å². The van der Waals surface area contributed by atoms with E-state index in [2.05, 4.69) is 4.98 Å². The third-order valence-electron chi connectivity index (χ3n) is 1.81. The number of pyridine rings is 1. The Bertz CT molecular complexity index is 336.